The van der Waals surface area contributed by atoms with Crippen molar-refractivity contribution >= 4 is 40.9 Å². The molecule has 2 amide bonds. The summed E-state index contributed by atoms with van der Waals surface area (Å²) in [6.07, 6.45) is 0. The van der Waals surface area contributed by atoms with Crippen LogP contribution in [0.2, 0.25) is 5.02 Å². The molecule has 0 unspecified atom stereocenters. The Hall–Kier alpha value is -3.61. The van der Waals surface area contributed by atoms with E-state index in [0.717, 1.165) is 20.9 Å². The number of carbonyl (C=O) groups is 2. The van der Waals surface area contributed by atoms with Crippen LogP contribution in [0.4, 0.5) is 10.1 Å². The molecule has 0 saturated heterocycles. The lowest BCUT2D eigenvalue weighted by Gasteiger charge is -2.24. The van der Waals surface area contributed by atoms with Gasteiger partial charge in [-0.15, -0.1) is 0 Å². The van der Waals surface area contributed by atoms with Crippen molar-refractivity contribution in [1.82, 2.24) is 5.32 Å². The fourth-order valence-electron chi connectivity index (χ4n) is 4.05. The van der Waals surface area contributed by atoms with E-state index in [2.05, 4.69) is 5.32 Å². The molecule has 0 atom stereocenters. The number of anilines is 1. The summed E-state index contributed by atoms with van der Waals surface area (Å²) in [5.41, 5.74) is 3.80. The van der Waals surface area contributed by atoms with Crippen LogP contribution in [0.15, 0.2) is 94.7 Å². The maximum Gasteiger partial charge on any atom is 0.259 e. The zero-order chi connectivity index (χ0) is 25.2. The fraction of sp³-hybridized carbons (Fsp3) is 0.103. The van der Waals surface area contributed by atoms with Crippen molar-refractivity contribution in [2.45, 2.75) is 29.8 Å². The van der Waals surface area contributed by atoms with Crippen molar-refractivity contribution < 1.29 is 14.0 Å². The molecule has 180 valence electrons. The topological polar surface area (TPSA) is 49.4 Å². The number of carbonyl (C=O) groups excluding carboxylic acids is 2. The van der Waals surface area contributed by atoms with Gasteiger partial charge in [0.25, 0.3) is 11.8 Å². The number of benzene rings is 4. The average Bonchev–Trinajstić information content (AvgIpc) is 2.99. The van der Waals surface area contributed by atoms with E-state index in [1.807, 2.05) is 49.4 Å². The van der Waals surface area contributed by atoms with Crippen molar-refractivity contribution in [3.05, 3.63) is 124 Å². The van der Waals surface area contributed by atoms with Gasteiger partial charge in [-0.05, 0) is 55.0 Å². The number of aryl methyl sites for hydroxylation is 1. The van der Waals surface area contributed by atoms with Crippen molar-refractivity contribution in [3.8, 4) is 0 Å². The minimum Gasteiger partial charge on any atom is -0.348 e. The second-order valence-corrected chi connectivity index (χ2v) is 10.0. The summed E-state index contributed by atoms with van der Waals surface area (Å²) in [6.45, 7) is 2.32. The molecule has 0 fully saturated rings. The Morgan fingerprint density at radius 1 is 0.972 bits per heavy atom. The Bertz CT molecular complexity index is 1450. The Kier molecular flexibility index (Phi) is 6.81. The minimum absolute atomic E-state index is 0.0688. The predicted octanol–water partition coefficient (Wildman–Crippen LogP) is 7.03. The summed E-state index contributed by atoms with van der Waals surface area (Å²) in [5, 5.41) is 3.18. The molecule has 0 saturated carbocycles. The first-order valence-electron chi connectivity index (χ1n) is 11.4. The van der Waals surface area contributed by atoms with Crippen LogP contribution in [-0.2, 0) is 13.1 Å². The molecule has 0 aliphatic carbocycles. The molecule has 1 heterocycles. The monoisotopic (exact) mass is 516 g/mol. The number of nitrogens with zero attached hydrogens (tertiary/aromatic N) is 1. The Balaban J connectivity index is 1.51. The number of hydrogen-bond acceptors (Lipinski definition) is 3. The van der Waals surface area contributed by atoms with Crippen LogP contribution in [0, 0.1) is 12.7 Å². The molecule has 1 aliphatic heterocycles. The van der Waals surface area contributed by atoms with Crippen LogP contribution < -0.4 is 10.2 Å². The van der Waals surface area contributed by atoms with Crippen LogP contribution in [0.25, 0.3) is 0 Å². The molecular weight excluding hydrogens is 495 g/mol. The molecule has 1 aliphatic rings. The maximum absolute atomic E-state index is 14.7. The quantitative estimate of drug-likeness (QED) is 0.310. The van der Waals surface area contributed by atoms with Crippen molar-refractivity contribution in [2.24, 2.45) is 0 Å². The lowest BCUT2D eigenvalue weighted by Crippen LogP contribution is -2.31. The third-order valence-electron chi connectivity index (χ3n) is 6.05. The number of amides is 2. The molecule has 1 N–H and O–H groups in total. The largest absolute Gasteiger partial charge is 0.348 e. The Morgan fingerprint density at radius 3 is 2.53 bits per heavy atom. The number of halogens is 2. The van der Waals surface area contributed by atoms with Gasteiger partial charge < -0.3 is 10.2 Å². The van der Waals surface area contributed by atoms with Crippen LogP contribution in [-0.4, -0.2) is 11.8 Å². The summed E-state index contributed by atoms with van der Waals surface area (Å²) >= 11 is 7.75. The zero-order valence-electron chi connectivity index (χ0n) is 19.4. The van der Waals surface area contributed by atoms with E-state index in [1.165, 1.54) is 28.8 Å². The van der Waals surface area contributed by atoms with Gasteiger partial charge in [-0.3, -0.25) is 9.59 Å². The first-order chi connectivity index (χ1) is 17.4. The zero-order valence-corrected chi connectivity index (χ0v) is 21.0. The lowest BCUT2D eigenvalue weighted by molar-refractivity contribution is 0.0947. The van der Waals surface area contributed by atoms with Crippen molar-refractivity contribution in [3.63, 3.8) is 0 Å². The van der Waals surface area contributed by atoms with Gasteiger partial charge in [0.15, 0.2) is 0 Å². The van der Waals surface area contributed by atoms with Crippen LogP contribution in [0.1, 0.15) is 37.4 Å². The van der Waals surface area contributed by atoms with Gasteiger partial charge >= 0.3 is 0 Å². The van der Waals surface area contributed by atoms with Gasteiger partial charge in [0, 0.05) is 32.5 Å². The van der Waals surface area contributed by atoms with E-state index in [0.29, 0.717) is 23.4 Å². The second-order valence-electron chi connectivity index (χ2n) is 8.54. The summed E-state index contributed by atoms with van der Waals surface area (Å²) in [7, 11) is 0. The van der Waals surface area contributed by atoms with E-state index < -0.39 is 5.82 Å². The molecular formula is C29H22ClFN2O2S. The Morgan fingerprint density at radius 2 is 1.75 bits per heavy atom. The highest BCUT2D eigenvalue weighted by atomic mass is 35.5. The average molecular weight is 517 g/mol. The number of fused-ring (bicyclic) bond motifs is 2. The molecule has 0 bridgehead atoms. The third-order valence-corrected chi connectivity index (χ3v) is 7.54. The summed E-state index contributed by atoms with van der Waals surface area (Å²) in [6, 6.07) is 24.9. The number of hydrogen-bond donors (Lipinski definition) is 1. The van der Waals surface area contributed by atoms with Gasteiger partial charge in [0.1, 0.15) is 5.82 Å². The summed E-state index contributed by atoms with van der Waals surface area (Å²) in [5.74, 6) is -1.04. The van der Waals surface area contributed by atoms with Crippen LogP contribution >= 0.6 is 23.4 Å². The van der Waals surface area contributed by atoms with E-state index >= 15 is 0 Å². The van der Waals surface area contributed by atoms with Crippen molar-refractivity contribution in [2.75, 3.05) is 4.90 Å². The molecule has 5 rings (SSSR count). The van der Waals surface area contributed by atoms with Crippen LogP contribution in [0.3, 0.4) is 0 Å². The smallest absolute Gasteiger partial charge is 0.259 e. The van der Waals surface area contributed by atoms with E-state index in [4.69, 9.17) is 11.6 Å². The van der Waals surface area contributed by atoms with Gasteiger partial charge in [-0.25, -0.2) is 4.39 Å². The van der Waals surface area contributed by atoms with Gasteiger partial charge in [0.05, 0.1) is 17.8 Å². The maximum atomic E-state index is 14.7. The molecule has 4 aromatic carbocycles. The SMILES string of the molecule is Cc1ccc(CNC(=O)c2ccc3c(c2)N(Cc2c(F)cccc2Cl)C(=O)c2ccccc2S3)cc1. The molecule has 7 heteroatoms. The number of nitrogens with one attached hydrogen (secondary N) is 1. The molecule has 36 heavy (non-hydrogen) atoms. The highest BCUT2D eigenvalue weighted by molar-refractivity contribution is 7.99. The molecule has 4 nitrogen and oxygen atoms in total. The first kappa shape index (κ1) is 24.1. The van der Waals surface area contributed by atoms with Gasteiger partial charge in [0.2, 0.25) is 0 Å². The number of rotatable bonds is 5. The minimum atomic E-state index is -0.492. The molecule has 4 aromatic rings. The fourth-order valence-corrected chi connectivity index (χ4v) is 5.33. The van der Waals surface area contributed by atoms with E-state index in [1.54, 1.807) is 30.3 Å². The van der Waals surface area contributed by atoms with Gasteiger partial charge in [-0.2, -0.15) is 0 Å². The predicted molar refractivity (Wildman–Crippen MR) is 141 cm³/mol. The summed E-state index contributed by atoms with van der Waals surface area (Å²) < 4.78 is 14.7. The van der Waals surface area contributed by atoms with Gasteiger partial charge in [-0.1, -0.05) is 71.4 Å². The van der Waals surface area contributed by atoms with Crippen LogP contribution in [0.5, 0.6) is 0 Å². The highest BCUT2D eigenvalue weighted by Crippen LogP contribution is 2.42. The molecule has 0 aromatic heterocycles. The van der Waals surface area contributed by atoms with Crippen molar-refractivity contribution in [1.29, 1.82) is 0 Å². The first-order valence-corrected chi connectivity index (χ1v) is 12.6. The Labute approximate surface area is 218 Å². The summed E-state index contributed by atoms with van der Waals surface area (Å²) in [4.78, 5) is 29.8. The molecule has 0 spiro atoms. The lowest BCUT2D eigenvalue weighted by atomic mass is 10.1. The third kappa shape index (κ3) is 4.87. The van der Waals surface area contributed by atoms with E-state index in [9.17, 15) is 14.0 Å². The van der Waals surface area contributed by atoms with E-state index in [-0.39, 0.29) is 28.9 Å². The normalized spacial score (nSPS) is 12.5. The standard InChI is InChI=1S/C29H22ClFN2O2S/c1-18-9-11-19(12-10-18)16-32-28(34)20-13-14-27-25(15-20)33(17-22-23(30)6-4-7-24(22)31)29(35)21-5-2-3-8-26(21)36-27/h2-15H,16-17H2,1H3,(H,32,34). The molecule has 0 radical (unpaired) electrons. The second kappa shape index (κ2) is 10.2. The highest BCUT2D eigenvalue weighted by Gasteiger charge is 2.29.